The van der Waals surface area contributed by atoms with E-state index < -0.39 is 41.4 Å². The van der Waals surface area contributed by atoms with Crippen molar-refractivity contribution in [3.63, 3.8) is 0 Å². The third-order valence-corrected chi connectivity index (χ3v) is 4.00. The maximum Gasteiger partial charge on any atom is 0.330 e. The number of fused-ring (bicyclic) bond motifs is 1. The number of carbonyl (C=O) groups excluding carboxylic acids is 2. The lowest BCUT2D eigenvalue weighted by atomic mass is 10.0. The number of carbonyl (C=O) groups is 3. The molecule has 25 heavy (non-hydrogen) atoms. The number of aliphatic hydroxyl groups is 1. The topological polar surface area (TPSA) is 135 Å². The highest BCUT2D eigenvalue weighted by Crippen LogP contribution is 2.33. The van der Waals surface area contributed by atoms with Crippen molar-refractivity contribution in [1.29, 1.82) is 0 Å². The monoisotopic (exact) mass is 343 g/mol. The number of hydrogen-bond acceptors (Lipinski definition) is 6. The fraction of sp³-hybridized carbons (Fsp3) is 0.118. The SMILES string of the molecule is O=C(O)[C@H]([C@@H](O)c1ccc(O)c(O)c1)N1C(=O)c2ccccc2C1=O. The molecule has 1 aliphatic heterocycles. The maximum absolute atomic E-state index is 12.5. The number of rotatable bonds is 4. The first-order chi connectivity index (χ1) is 11.8. The highest BCUT2D eigenvalue weighted by atomic mass is 16.4. The summed E-state index contributed by atoms with van der Waals surface area (Å²) >= 11 is 0. The van der Waals surface area contributed by atoms with Gasteiger partial charge in [-0.25, -0.2) is 4.79 Å². The first-order valence-electron chi connectivity index (χ1n) is 7.22. The van der Waals surface area contributed by atoms with Crippen LogP contribution in [0.5, 0.6) is 11.5 Å². The van der Waals surface area contributed by atoms with Crippen LogP contribution in [0.3, 0.4) is 0 Å². The van der Waals surface area contributed by atoms with Crippen molar-refractivity contribution >= 4 is 17.8 Å². The Balaban J connectivity index is 2.02. The molecule has 128 valence electrons. The van der Waals surface area contributed by atoms with Gasteiger partial charge in [-0.15, -0.1) is 0 Å². The molecule has 1 aliphatic rings. The Labute approximate surface area is 141 Å². The average Bonchev–Trinajstić information content (AvgIpc) is 2.83. The summed E-state index contributed by atoms with van der Waals surface area (Å²) in [6, 6.07) is 7.20. The number of phenolic OH excluding ortho intramolecular Hbond substituents is 2. The highest BCUT2D eigenvalue weighted by Gasteiger charge is 2.46. The van der Waals surface area contributed by atoms with Gasteiger partial charge < -0.3 is 20.4 Å². The van der Waals surface area contributed by atoms with E-state index in [9.17, 15) is 34.8 Å². The van der Waals surface area contributed by atoms with Crippen LogP contribution in [-0.4, -0.2) is 49.2 Å². The molecule has 0 fully saturated rings. The molecule has 3 rings (SSSR count). The van der Waals surface area contributed by atoms with Crippen LogP contribution in [0.2, 0.25) is 0 Å². The molecule has 2 aromatic rings. The minimum absolute atomic E-state index is 0.0551. The molecular weight excluding hydrogens is 330 g/mol. The molecule has 2 aromatic carbocycles. The number of carboxylic acid groups (broad SMARTS) is 1. The summed E-state index contributed by atoms with van der Waals surface area (Å²) in [4.78, 5) is 37.1. The van der Waals surface area contributed by atoms with Gasteiger partial charge in [0.25, 0.3) is 11.8 Å². The standard InChI is InChI=1S/C17H13NO7/c19-11-6-5-8(7-12(11)20)14(21)13(17(24)25)18-15(22)9-3-1-2-4-10(9)16(18)23/h1-7,13-14,19-21H,(H,24,25)/t13-,14-/m0/s1. The van der Waals surface area contributed by atoms with Gasteiger partial charge in [0.15, 0.2) is 17.5 Å². The molecule has 0 aliphatic carbocycles. The van der Waals surface area contributed by atoms with Crippen molar-refractivity contribution in [3.05, 3.63) is 59.2 Å². The number of nitrogens with zero attached hydrogens (tertiary/aromatic N) is 1. The third-order valence-electron chi connectivity index (χ3n) is 4.00. The number of phenols is 2. The second kappa shape index (κ2) is 5.91. The summed E-state index contributed by atoms with van der Waals surface area (Å²) in [5.74, 6) is -4.26. The van der Waals surface area contributed by atoms with E-state index in [1.54, 1.807) is 0 Å². The molecule has 2 amide bonds. The Bertz CT molecular complexity index is 857. The zero-order valence-corrected chi connectivity index (χ0v) is 12.7. The van der Waals surface area contributed by atoms with Crippen LogP contribution < -0.4 is 0 Å². The second-order valence-electron chi connectivity index (χ2n) is 5.50. The van der Waals surface area contributed by atoms with Crippen LogP contribution in [0.4, 0.5) is 0 Å². The Kier molecular flexibility index (Phi) is 3.90. The first kappa shape index (κ1) is 16.5. The number of aliphatic carboxylic acids is 1. The zero-order chi connectivity index (χ0) is 18.3. The number of amides is 2. The fourth-order valence-electron chi connectivity index (χ4n) is 2.75. The number of aliphatic hydroxyl groups excluding tert-OH is 1. The molecule has 0 aromatic heterocycles. The van der Waals surface area contributed by atoms with Crippen molar-refractivity contribution in [3.8, 4) is 11.5 Å². The lowest BCUT2D eigenvalue weighted by molar-refractivity contribution is -0.145. The van der Waals surface area contributed by atoms with Crippen LogP contribution in [0.1, 0.15) is 32.4 Å². The van der Waals surface area contributed by atoms with E-state index >= 15 is 0 Å². The van der Waals surface area contributed by atoms with Crippen LogP contribution in [-0.2, 0) is 4.79 Å². The number of aromatic hydroxyl groups is 2. The average molecular weight is 343 g/mol. The number of hydrogen-bond donors (Lipinski definition) is 4. The molecule has 0 saturated heterocycles. The molecule has 4 N–H and O–H groups in total. The minimum Gasteiger partial charge on any atom is -0.504 e. The number of imide groups is 1. The molecule has 8 heteroatoms. The van der Waals surface area contributed by atoms with E-state index in [0.717, 1.165) is 12.1 Å². The summed E-state index contributed by atoms with van der Waals surface area (Å²) < 4.78 is 0. The van der Waals surface area contributed by atoms with Crippen molar-refractivity contribution < 1.29 is 34.8 Å². The van der Waals surface area contributed by atoms with Crippen molar-refractivity contribution in [1.82, 2.24) is 4.90 Å². The molecule has 2 atom stereocenters. The summed E-state index contributed by atoms with van der Waals surface area (Å²) in [6.07, 6.45) is -1.80. The first-order valence-corrected chi connectivity index (χ1v) is 7.22. The Morgan fingerprint density at radius 3 is 1.96 bits per heavy atom. The fourth-order valence-corrected chi connectivity index (χ4v) is 2.75. The highest BCUT2D eigenvalue weighted by molar-refractivity contribution is 6.22. The summed E-state index contributed by atoms with van der Waals surface area (Å²) in [7, 11) is 0. The molecule has 0 unspecified atom stereocenters. The third kappa shape index (κ3) is 2.58. The normalized spacial score (nSPS) is 15.8. The maximum atomic E-state index is 12.5. The largest absolute Gasteiger partial charge is 0.504 e. The predicted octanol–water partition coefficient (Wildman–Crippen LogP) is 0.881. The Morgan fingerprint density at radius 2 is 1.48 bits per heavy atom. The van der Waals surface area contributed by atoms with Gasteiger partial charge in [0.05, 0.1) is 11.1 Å². The molecular formula is C17H13NO7. The number of carboxylic acids is 1. The quantitative estimate of drug-likeness (QED) is 0.478. The van der Waals surface area contributed by atoms with Crippen molar-refractivity contribution in [2.45, 2.75) is 12.1 Å². The van der Waals surface area contributed by atoms with Crippen LogP contribution in [0.15, 0.2) is 42.5 Å². The van der Waals surface area contributed by atoms with E-state index in [1.165, 1.54) is 30.3 Å². The van der Waals surface area contributed by atoms with Gasteiger partial charge >= 0.3 is 5.97 Å². The van der Waals surface area contributed by atoms with E-state index in [-0.39, 0.29) is 16.7 Å². The van der Waals surface area contributed by atoms with E-state index in [2.05, 4.69) is 0 Å². The molecule has 8 nitrogen and oxygen atoms in total. The number of benzene rings is 2. The van der Waals surface area contributed by atoms with E-state index in [4.69, 9.17) is 0 Å². The van der Waals surface area contributed by atoms with Gasteiger partial charge in [0.1, 0.15) is 6.10 Å². The molecule has 0 spiro atoms. The second-order valence-corrected chi connectivity index (χ2v) is 5.50. The van der Waals surface area contributed by atoms with Gasteiger partial charge in [-0.2, -0.15) is 0 Å². The van der Waals surface area contributed by atoms with Gasteiger partial charge in [-0.3, -0.25) is 14.5 Å². The molecule has 0 saturated carbocycles. The van der Waals surface area contributed by atoms with Crippen LogP contribution in [0, 0.1) is 0 Å². The molecule has 1 heterocycles. The molecule has 0 bridgehead atoms. The predicted molar refractivity (Wildman–Crippen MR) is 83.1 cm³/mol. The summed E-state index contributed by atoms with van der Waals surface area (Å²) in [5, 5.41) is 38.8. The Morgan fingerprint density at radius 1 is 0.920 bits per heavy atom. The lowest BCUT2D eigenvalue weighted by Crippen LogP contribution is -2.48. The summed E-state index contributed by atoms with van der Waals surface area (Å²) in [5.41, 5.74) is 0.0401. The van der Waals surface area contributed by atoms with Gasteiger partial charge in [0.2, 0.25) is 0 Å². The van der Waals surface area contributed by atoms with Crippen molar-refractivity contribution in [2.24, 2.45) is 0 Å². The molecule has 0 radical (unpaired) electrons. The van der Waals surface area contributed by atoms with Crippen LogP contribution >= 0.6 is 0 Å². The zero-order valence-electron chi connectivity index (χ0n) is 12.7. The van der Waals surface area contributed by atoms with E-state index in [0.29, 0.717) is 4.90 Å². The minimum atomic E-state index is -1.89. The van der Waals surface area contributed by atoms with Gasteiger partial charge in [-0.1, -0.05) is 18.2 Å². The van der Waals surface area contributed by atoms with E-state index in [1.807, 2.05) is 0 Å². The van der Waals surface area contributed by atoms with Gasteiger partial charge in [0, 0.05) is 0 Å². The smallest absolute Gasteiger partial charge is 0.330 e. The van der Waals surface area contributed by atoms with Gasteiger partial charge in [-0.05, 0) is 29.8 Å². The Hall–Kier alpha value is -3.39. The lowest BCUT2D eigenvalue weighted by Gasteiger charge is -2.27. The summed E-state index contributed by atoms with van der Waals surface area (Å²) in [6.45, 7) is 0. The van der Waals surface area contributed by atoms with Crippen molar-refractivity contribution in [2.75, 3.05) is 0 Å². The van der Waals surface area contributed by atoms with Crippen LogP contribution in [0.25, 0.3) is 0 Å².